The van der Waals surface area contributed by atoms with Crippen LogP contribution < -0.4 is 10.1 Å². The zero-order chi connectivity index (χ0) is 19.9. The fraction of sp³-hybridized carbons (Fsp3) is 0.450. The van der Waals surface area contributed by atoms with Crippen LogP contribution in [0.5, 0.6) is 0 Å². The Labute approximate surface area is 181 Å². The first-order valence-electron chi connectivity index (χ1n) is 9.24. The Hall–Kier alpha value is -1.56. The molecule has 0 atom stereocenters. The highest BCUT2D eigenvalue weighted by Gasteiger charge is 2.16. The average Bonchev–Trinajstić information content (AvgIpc) is 2.99. The number of aromatic nitrogens is 1. The Morgan fingerprint density at radius 1 is 1.32 bits per heavy atom. The van der Waals surface area contributed by atoms with E-state index in [9.17, 15) is 9.59 Å². The molecule has 8 heteroatoms. The number of rotatable bonds is 6. The van der Waals surface area contributed by atoms with E-state index in [-0.39, 0.29) is 23.3 Å². The predicted octanol–water partition coefficient (Wildman–Crippen LogP) is 3.71. The molecule has 0 bridgehead atoms. The number of halogens is 1. The number of thioether (sulfide) groups is 1. The van der Waals surface area contributed by atoms with E-state index >= 15 is 0 Å². The lowest BCUT2D eigenvalue weighted by Gasteiger charge is -2.22. The van der Waals surface area contributed by atoms with Crippen molar-refractivity contribution in [3.05, 3.63) is 27.5 Å². The predicted molar refractivity (Wildman–Crippen MR) is 119 cm³/mol. The number of amides is 2. The van der Waals surface area contributed by atoms with E-state index in [0.717, 1.165) is 27.5 Å². The van der Waals surface area contributed by atoms with Crippen LogP contribution in [-0.4, -0.2) is 33.9 Å². The van der Waals surface area contributed by atoms with Crippen molar-refractivity contribution in [1.82, 2.24) is 9.88 Å². The van der Waals surface area contributed by atoms with Gasteiger partial charge in [-0.1, -0.05) is 52.4 Å². The molecule has 0 unspecified atom stereocenters. The fourth-order valence-corrected chi connectivity index (χ4v) is 5.47. The third-order valence-electron chi connectivity index (χ3n) is 4.54. The number of benzene rings is 1. The maximum atomic E-state index is 12.3. The third-order valence-corrected chi connectivity index (χ3v) is 7.00. The Kier molecular flexibility index (Phi) is 7.77. The number of thiazole rings is 1. The van der Waals surface area contributed by atoms with Crippen molar-refractivity contribution >= 4 is 61.1 Å². The first-order chi connectivity index (χ1) is 13.6. The molecule has 1 aromatic heterocycles. The van der Waals surface area contributed by atoms with Gasteiger partial charge in [-0.15, -0.1) is 18.2 Å². The van der Waals surface area contributed by atoms with Gasteiger partial charge in [0.15, 0.2) is 4.80 Å². The van der Waals surface area contributed by atoms with E-state index in [1.54, 1.807) is 0 Å². The quantitative estimate of drug-likeness (QED) is 0.642. The maximum Gasteiger partial charge on any atom is 0.258 e. The van der Waals surface area contributed by atoms with Crippen molar-refractivity contribution < 1.29 is 9.59 Å². The average molecular weight is 480 g/mol. The molecule has 3 rings (SSSR count). The lowest BCUT2D eigenvalue weighted by molar-refractivity contribution is -0.119. The highest BCUT2D eigenvalue weighted by molar-refractivity contribution is 9.10. The van der Waals surface area contributed by atoms with Crippen molar-refractivity contribution in [3.63, 3.8) is 0 Å². The molecule has 0 radical (unpaired) electrons. The summed E-state index contributed by atoms with van der Waals surface area (Å²) in [6.07, 6.45) is 11.2. The molecular formula is C20H22BrN3O2S2. The highest BCUT2D eigenvalue weighted by Crippen LogP contribution is 2.22. The van der Waals surface area contributed by atoms with Gasteiger partial charge in [-0.2, -0.15) is 4.99 Å². The minimum Gasteiger partial charge on any atom is -0.353 e. The Balaban J connectivity index is 1.60. The smallest absolute Gasteiger partial charge is 0.258 e. The summed E-state index contributed by atoms with van der Waals surface area (Å²) in [5.41, 5.74) is 0.956. The van der Waals surface area contributed by atoms with Crippen LogP contribution in [0.4, 0.5) is 0 Å². The molecule has 1 aliphatic carbocycles. The summed E-state index contributed by atoms with van der Waals surface area (Å²) in [6, 6.07) is 6.18. The maximum absolute atomic E-state index is 12.3. The van der Waals surface area contributed by atoms with Crippen LogP contribution >= 0.6 is 39.0 Å². The molecule has 0 spiro atoms. The van der Waals surface area contributed by atoms with Gasteiger partial charge in [0.2, 0.25) is 5.91 Å². The van der Waals surface area contributed by atoms with Gasteiger partial charge in [-0.3, -0.25) is 9.59 Å². The van der Waals surface area contributed by atoms with Crippen molar-refractivity contribution in [1.29, 1.82) is 0 Å². The monoisotopic (exact) mass is 479 g/mol. The molecule has 2 amide bonds. The van der Waals surface area contributed by atoms with Crippen molar-refractivity contribution in [2.75, 3.05) is 11.5 Å². The second-order valence-corrected chi connectivity index (χ2v) is 9.60. The summed E-state index contributed by atoms with van der Waals surface area (Å²) < 4.78 is 3.84. The van der Waals surface area contributed by atoms with Crippen LogP contribution in [0.25, 0.3) is 10.2 Å². The van der Waals surface area contributed by atoms with Gasteiger partial charge in [-0.25, -0.2) is 0 Å². The fourth-order valence-electron chi connectivity index (χ4n) is 3.26. The van der Waals surface area contributed by atoms with E-state index < -0.39 is 0 Å². The van der Waals surface area contributed by atoms with Crippen molar-refractivity contribution in [2.24, 2.45) is 4.99 Å². The topological polar surface area (TPSA) is 63.5 Å². The first-order valence-corrected chi connectivity index (χ1v) is 12.0. The minimum absolute atomic E-state index is 0.00110. The van der Waals surface area contributed by atoms with Gasteiger partial charge in [-0.05, 0) is 31.0 Å². The van der Waals surface area contributed by atoms with Gasteiger partial charge >= 0.3 is 0 Å². The minimum atomic E-state index is -0.258. The molecule has 0 aliphatic heterocycles. The standard InChI is InChI=1S/C20H22BrN3O2S2/c1-2-10-24-16-9-8-14(21)11-17(16)28-20(24)23-19(26)13-27-12-18(25)22-15-6-4-3-5-7-15/h1,8-9,11,15H,3-7,10,12-13H2,(H,22,25). The zero-order valence-electron chi connectivity index (χ0n) is 15.4. The van der Waals surface area contributed by atoms with Crippen LogP contribution in [0.1, 0.15) is 32.1 Å². The van der Waals surface area contributed by atoms with Crippen LogP contribution in [0.2, 0.25) is 0 Å². The second-order valence-electron chi connectivity index (χ2n) is 6.69. The summed E-state index contributed by atoms with van der Waals surface area (Å²) in [4.78, 5) is 29.2. The summed E-state index contributed by atoms with van der Waals surface area (Å²) in [5.74, 6) is 2.81. The Bertz CT molecular complexity index is 968. The molecule has 148 valence electrons. The summed E-state index contributed by atoms with van der Waals surface area (Å²) in [6.45, 7) is 0.352. The van der Waals surface area contributed by atoms with Gasteiger partial charge in [0.25, 0.3) is 5.91 Å². The molecule has 1 fully saturated rings. The number of carbonyl (C=O) groups excluding carboxylic acids is 2. The van der Waals surface area contributed by atoms with E-state index in [0.29, 0.717) is 17.4 Å². The number of terminal acetylenes is 1. The SMILES string of the molecule is C#CCn1c(=NC(=O)CSCC(=O)NC2CCCCC2)sc2cc(Br)ccc21. The molecule has 1 aromatic carbocycles. The second kappa shape index (κ2) is 10.3. The van der Waals surface area contributed by atoms with E-state index in [2.05, 4.69) is 32.2 Å². The molecule has 1 N–H and O–H groups in total. The molecule has 5 nitrogen and oxygen atoms in total. The molecule has 2 aromatic rings. The van der Waals surface area contributed by atoms with E-state index in [1.807, 2.05) is 22.8 Å². The Morgan fingerprint density at radius 3 is 2.86 bits per heavy atom. The number of fused-ring (bicyclic) bond motifs is 1. The van der Waals surface area contributed by atoms with Gasteiger partial charge in [0, 0.05) is 10.5 Å². The van der Waals surface area contributed by atoms with Crippen LogP contribution in [0.15, 0.2) is 27.7 Å². The molecule has 1 aliphatic rings. The first kappa shape index (κ1) is 21.2. The summed E-state index contributed by atoms with van der Waals surface area (Å²) in [5, 5.41) is 3.06. The molecule has 0 saturated heterocycles. The Morgan fingerprint density at radius 2 is 2.11 bits per heavy atom. The largest absolute Gasteiger partial charge is 0.353 e. The number of nitrogens with zero attached hydrogens (tertiary/aromatic N) is 2. The number of hydrogen-bond acceptors (Lipinski definition) is 4. The van der Waals surface area contributed by atoms with Crippen molar-refractivity contribution in [3.8, 4) is 12.3 Å². The van der Waals surface area contributed by atoms with Gasteiger partial charge < -0.3 is 9.88 Å². The number of hydrogen-bond donors (Lipinski definition) is 1. The molecular weight excluding hydrogens is 458 g/mol. The molecule has 1 saturated carbocycles. The number of nitrogens with one attached hydrogen (secondary N) is 1. The number of carbonyl (C=O) groups is 2. The van der Waals surface area contributed by atoms with Crippen LogP contribution in [0, 0.1) is 12.3 Å². The van der Waals surface area contributed by atoms with Gasteiger partial charge in [0.05, 0.1) is 28.3 Å². The van der Waals surface area contributed by atoms with Gasteiger partial charge in [0.1, 0.15) is 0 Å². The van der Waals surface area contributed by atoms with Crippen molar-refractivity contribution in [2.45, 2.75) is 44.7 Å². The lowest BCUT2D eigenvalue weighted by Crippen LogP contribution is -2.37. The summed E-state index contributed by atoms with van der Waals surface area (Å²) in [7, 11) is 0. The van der Waals surface area contributed by atoms with E-state index in [4.69, 9.17) is 6.42 Å². The highest BCUT2D eigenvalue weighted by atomic mass is 79.9. The molecule has 1 heterocycles. The normalized spacial score (nSPS) is 15.5. The van der Waals surface area contributed by atoms with Crippen LogP contribution in [-0.2, 0) is 16.1 Å². The van der Waals surface area contributed by atoms with Crippen LogP contribution in [0.3, 0.4) is 0 Å². The lowest BCUT2D eigenvalue weighted by atomic mass is 9.95. The zero-order valence-corrected chi connectivity index (χ0v) is 18.7. The molecule has 28 heavy (non-hydrogen) atoms. The third kappa shape index (κ3) is 5.72. The summed E-state index contributed by atoms with van der Waals surface area (Å²) >= 11 is 6.19. The van der Waals surface area contributed by atoms with E-state index in [1.165, 1.54) is 42.4 Å².